The smallest absolute Gasteiger partial charge is 0.252 e. The Hall–Kier alpha value is -4.03. The number of aliphatic hydroxyl groups is 1. The molecule has 0 unspecified atom stereocenters. The number of hydrogen-bond donors (Lipinski definition) is 5. The van der Waals surface area contributed by atoms with E-state index in [1.807, 2.05) is 44.5 Å². The number of hydrogen-bond acceptors (Lipinski definition) is 10. The van der Waals surface area contributed by atoms with Crippen LogP contribution >= 0.6 is 11.9 Å². The van der Waals surface area contributed by atoms with Gasteiger partial charge in [0.25, 0.3) is 5.91 Å². The van der Waals surface area contributed by atoms with Gasteiger partial charge < -0.3 is 30.6 Å². The monoisotopic (exact) mass is 683 g/mol. The van der Waals surface area contributed by atoms with Crippen LogP contribution in [0.5, 0.6) is 0 Å². The van der Waals surface area contributed by atoms with Gasteiger partial charge >= 0.3 is 0 Å². The number of anilines is 1. The van der Waals surface area contributed by atoms with Crippen molar-refractivity contribution in [1.82, 2.24) is 15.6 Å². The molecule has 48 heavy (non-hydrogen) atoms. The van der Waals surface area contributed by atoms with E-state index in [9.17, 15) is 19.5 Å². The largest absolute Gasteiger partial charge is 0.390 e. The summed E-state index contributed by atoms with van der Waals surface area (Å²) in [7, 11) is 5.08. The Balaban J connectivity index is 0. The number of carbonyl (C=O) groups is 3. The van der Waals surface area contributed by atoms with Crippen molar-refractivity contribution in [2.75, 3.05) is 39.7 Å². The topological polar surface area (TPSA) is 156 Å². The number of allylic oxidation sites excluding steroid dienone is 5. The lowest BCUT2D eigenvalue weighted by molar-refractivity contribution is -0.107. The van der Waals surface area contributed by atoms with E-state index in [1.54, 1.807) is 52.5 Å². The summed E-state index contributed by atoms with van der Waals surface area (Å²) in [6.07, 6.45) is 18.7. The lowest BCUT2D eigenvalue weighted by Crippen LogP contribution is -2.29. The van der Waals surface area contributed by atoms with Gasteiger partial charge in [-0.1, -0.05) is 51.5 Å². The predicted octanol–water partition coefficient (Wildman–Crippen LogP) is 4.89. The van der Waals surface area contributed by atoms with Crippen molar-refractivity contribution in [3.8, 4) is 11.1 Å². The van der Waals surface area contributed by atoms with Crippen molar-refractivity contribution >= 4 is 48.9 Å². The van der Waals surface area contributed by atoms with Gasteiger partial charge in [0, 0.05) is 81.1 Å². The average Bonchev–Trinajstić information content (AvgIpc) is 3.07. The SMILES string of the molecule is C=c1cc(-c2cncc(C(=O)NCCC=O)c2)c(NC)c/c1=C/NCCC(C)(C)O.CCCC.COC.C\C=C(/C=C\C=C\C=O)SN. The molecule has 2 rings (SSSR count). The minimum atomic E-state index is -0.717. The van der Waals surface area contributed by atoms with Crippen molar-refractivity contribution in [2.24, 2.45) is 5.14 Å². The molecule has 0 aliphatic heterocycles. The van der Waals surface area contributed by atoms with Gasteiger partial charge in [0.2, 0.25) is 0 Å². The Kier molecular flexibility index (Phi) is 28.0. The second kappa shape index (κ2) is 29.1. The van der Waals surface area contributed by atoms with Crippen LogP contribution in [-0.4, -0.2) is 68.5 Å². The molecule has 0 radical (unpaired) electrons. The number of amides is 1. The quantitative estimate of drug-likeness (QED) is 0.0577. The summed E-state index contributed by atoms with van der Waals surface area (Å²) in [5.74, 6) is -0.270. The van der Waals surface area contributed by atoms with Crippen LogP contribution in [0, 0.1) is 0 Å². The summed E-state index contributed by atoms with van der Waals surface area (Å²) in [4.78, 5) is 37.7. The third-order valence-electron chi connectivity index (χ3n) is 6.03. The maximum Gasteiger partial charge on any atom is 0.252 e. The fourth-order valence-electron chi connectivity index (χ4n) is 3.32. The van der Waals surface area contributed by atoms with Crippen LogP contribution in [0.3, 0.4) is 0 Å². The first-order chi connectivity index (χ1) is 22.9. The van der Waals surface area contributed by atoms with Gasteiger partial charge in [-0.25, -0.2) is 0 Å². The minimum absolute atomic E-state index is 0.270. The average molecular weight is 684 g/mol. The summed E-state index contributed by atoms with van der Waals surface area (Å²) in [6, 6.07) is 5.69. The van der Waals surface area contributed by atoms with E-state index in [4.69, 9.17) is 5.14 Å². The van der Waals surface area contributed by atoms with E-state index in [1.165, 1.54) is 37.1 Å². The number of carbonyl (C=O) groups excluding carboxylic acids is 3. The van der Waals surface area contributed by atoms with Gasteiger partial charge in [-0.2, -0.15) is 0 Å². The highest BCUT2D eigenvalue weighted by molar-refractivity contribution is 8.01. The first-order valence-corrected chi connectivity index (χ1v) is 16.7. The summed E-state index contributed by atoms with van der Waals surface area (Å²) < 4.78 is 4.25. The van der Waals surface area contributed by atoms with Gasteiger partial charge in [0.1, 0.15) is 12.6 Å². The molecule has 0 saturated heterocycles. The number of pyridine rings is 1. The standard InChI is InChI=1S/C23H30N4O3.C8H11NOS.C4H10.C2H6O/c1-16-10-20(18-11-19(15-26-14-18)22(29)27-7-5-9-28)21(24-4)12-17(16)13-25-8-6-23(2,3)30;1-2-8(11-9)6-4-3-5-7-10;1-3-4-2;1-3-2/h9-15,24-25,30H,1,5-8H2,2-4H3,(H,27,29);2-7H,9H2,1H3;3-4H2,1-2H3;1-2H3/b17-13-;5-3+,6-4-,8-2+;;. The molecule has 1 amide bonds. The summed E-state index contributed by atoms with van der Waals surface area (Å²) in [5, 5.41) is 26.0. The molecular weight excluding hydrogens is 627 g/mol. The van der Waals surface area contributed by atoms with Crippen molar-refractivity contribution in [2.45, 2.75) is 65.9 Å². The Morgan fingerprint density at radius 1 is 1.08 bits per heavy atom. The summed E-state index contributed by atoms with van der Waals surface area (Å²) in [5.41, 5.74) is 2.25. The van der Waals surface area contributed by atoms with Gasteiger partial charge in [-0.3, -0.25) is 19.7 Å². The Morgan fingerprint density at radius 3 is 2.27 bits per heavy atom. The van der Waals surface area contributed by atoms with Crippen molar-refractivity contribution in [1.29, 1.82) is 0 Å². The zero-order valence-corrected chi connectivity index (χ0v) is 30.8. The van der Waals surface area contributed by atoms with Gasteiger partial charge in [0.15, 0.2) is 0 Å². The number of methoxy groups -OCH3 is 1. The fourth-order valence-corrected chi connectivity index (χ4v) is 3.62. The Morgan fingerprint density at radius 2 is 1.75 bits per heavy atom. The Labute approximate surface area is 291 Å². The number of nitrogens with one attached hydrogen (secondary N) is 3. The lowest BCUT2D eigenvalue weighted by Gasteiger charge is -2.16. The minimum Gasteiger partial charge on any atom is -0.390 e. The maximum atomic E-state index is 12.3. The number of nitrogens with two attached hydrogens (primary N) is 1. The van der Waals surface area contributed by atoms with Crippen LogP contribution in [0.1, 0.15) is 70.7 Å². The van der Waals surface area contributed by atoms with Crippen molar-refractivity contribution in [3.63, 3.8) is 0 Å². The fraction of sp³-hybridized carbons (Fsp3) is 0.405. The molecule has 0 spiro atoms. The van der Waals surface area contributed by atoms with Crippen molar-refractivity contribution < 1.29 is 24.2 Å². The number of benzene rings is 1. The second-order valence-corrected chi connectivity index (χ2v) is 11.5. The number of aromatic nitrogens is 1. The predicted molar refractivity (Wildman–Crippen MR) is 204 cm³/mol. The molecule has 11 heteroatoms. The third-order valence-corrected chi connectivity index (χ3v) is 6.67. The molecule has 0 aliphatic carbocycles. The highest BCUT2D eigenvalue weighted by atomic mass is 32.2. The zero-order chi connectivity index (χ0) is 36.8. The van der Waals surface area contributed by atoms with Gasteiger partial charge in [0.05, 0.1) is 11.2 Å². The van der Waals surface area contributed by atoms with E-state index >= 15 is 0 Å². The summed E-state index contributed by atoms with van der Waals surface area (Å²) in [6.45, 7) is 14.9. The zero-order valence-electron chi connectivity index (χ0n) is 30.0. The molecule has 1 aromatic carbocycles. The van der Waals surface area contributed by atoms with Crippen LogP contribution in [0.2, 0.25) is 0 Å². The van der Waals surface area contributed by atoms with E-state index in [0.717, 1.165) is 44.7 Å². The van der Waals surface area contributed by atoms with Crippen LogP contribution in [-0.2, 0) is 14.3 Å². The molecule has 0 atom stereocenters. The van der Waals surface area contributed by atoms with Gasteiger partial charge in [-0.05, 0) is 79.9 Å². The number of ether oxygens (including phenoxy) is 1. The highest BCUT2D eigenvalue weighted by Crippen LogP contribution is 2.25. The molecule has 0 saturated carbocycles. The van der Waals surface area contributed by atoms with E-state index in [0.29, 0.717) is 25.1 Å². The third kappa shape index (κ3) is 22.5. The molecule has 10 nitrogen and oxygen atoms in total. The second-order valence-electron chi connectivity index (χ2n) is 10.8. The first-order valence-electron chi connectivity index (χ1n) is 15.8. The normalized spacial score (nSPS) is 11.4. The first kappa shape index (κ1) is 46.1. The number of aldehydes is 2. The molecule has 1 heterocycles. The highest BCUT2D eigenvalue weighted by Gasteiger charge is 2.12. The van der Waals surface area contributed by atoms with E-state index in [-0.39, 0.29) is 12.3 Å². The number of nitrogens with zero attached hydrogens (tertiary/aromatic N) is 1. The van der Waals surface area contributed by atoms with Crippen LogP contribution in [0.4, 0.5) is 5.69 Å². The molecule has 6 N–H and O–H groups in total. The molecule has 0 aliphatic rings. The maximum absolute atomic E-state index is 12.3. The Bertz CT molecular complexity index is 1400. The molecule has 1 aromatic heterocycles. The van der Waals surface area contributed by atoms with Crippen LogP contribution < -0.4 is 31.5 Å². The van der Waals surface area contributed by atoms with Crippen LogP contribution in [0.25, 0.3) is 23.9 Å². The van der Waals surface area contributed by atoms with E-state index < -0.39 is 5.60 Å². The van der Waals surface area contributed by atoms with Gasteiger partial charge in [-0.15, -0.1) is 0 Å². The molecular formula is C37H57N5O5S. The van der Waals surface area contributed by atoms with E-state index in [2.05, 4.69) is 46.1 Å². The number of unbranched alkanes of at least 4 members (excludes halogenated alkanes) is 1. The molecule has 2 aromatic rings. The molecule has 266 valence electrons. The lowest BCUT2D eigenvalue weighted by atomic mass is 10.0. The van der Waals surface area contributed by atoms with Crippen LogP contribution in [0.15, 0.2) is 65.9 Å². The molecule has 0 fully saturated rings. The molecule has 0 bridgehead atoms. The van der Waals surface area contributed by atoms with Crippen molar-refractivity contribution in [3.05, 3.63) is 81.9 Å². The number of rotatable bonds is 15. The summed E-state index contributed by atoms with van der Waals surface area (Å²) >= 11 is 1.18.